The molecule has 0 fully saturated rings. The van der Waals surface area contributed by atoms with Gasteiger partial charge < -0.3 is 14.5 Å². The summed E-state index contributed by atoms with van der Waals surface area (Å²) in [7, 11) is 0. The van der Waals surface area contributed by atoms with Crippen molar-refractivity contribution in [2.75, 3.05) is 37.7 Å². The predicted molar refractivity (Wildman–Crippen MR) is 122 cm³/mol. The largest absolute Gasteiger partial charge is 0.465 e. The molecule has 0 spiro atoms. The maximum Gasteiger partial charge on any atom is 0.326 e. The van der Waals surface area contributed by atoms with Gasteiger partial charge in [0.1, 0.15) is 0 Å². The van der Waals surface area contributed by atoms with Gasteiger partial charge >= 0.3 is 5.97 Å². The van der Waals surface area contributed by atoms with Crippen LogP contribution in [0.4, 0.5) is 5.69 Å². The quantitative estimate of drug-likeness (QED) is 0.448. The summed E-state index contributed by atoms with van der Waals surface area (Å²) in [5, 5.41) is 0. The second-order valence-corrected chi connectivity index (χ2v) is 7.29. The van der Waals surface area contributed by atoms with Crippen LogP contribution >= 0.6 is 12.4 Å². The van der Waals surface area contributed by atoms with Crippen LogP contribution in [0.15, 0.2) is 54.6 Å². The number of nitrogens with zero attached hydrogens (tertiary/aromatic N) is 2. The van der Waals surface area contributed by atoms with Gasteiger partial charge in [-0.1, -0.05) is 62.4 Å². The maximum atomic E-state index is 13.8. The fraction of sp³-hybridized carbons (Fsp3) is 0.417. The zero-order valence-electron chi connectivity index (χ0n) is 18.0. The molecule has 1 amide bonds. The van der Waals surface area contributed by atoms with Gasteiger partial charge in [0, 0.05) is 30.8 Å². The molecule has 0 aliphatic carbocycles. The fourth-order valence-corrected chi connectivity index (χ4v) is 4.12. The predicted octanol–water partition coefficient (Wildman–Crippen LogP) is 3.84. The molecule has 2 aromatic rings. The Kier molecular flexibility index (Phi) is 8.44. The number of hydrogen-bond donors (Lipinski definition) is 0. The molecule has 0 saturated heterocycles. The normalized spacial score (nSPS) is 17.6. The van der Waals surface area contributed by atoms with E-state index in [1.54, 1.807) is 11.8 Å². The molecule has 6 heteroatoms. The van der Waals surface area contributed by atoms with E-state index in [0.717, 1.165) is 36.4 Å². The zero-order chi connectivity index (χ0) is 20.9. The van der Waals surface area contributed by atoms with Gasteiger partial charge in [0.05, 0.1) is 6.61 Å². The van der Waals surface area contributed by atoms with E-state index in [9.17, 15) is 9.59 Å². The molecule has 162 valence electrons. The number of esters is 1. The van der Waals surface area contributed by atoms with Gasteiger partial charge in [0.25, 0.3) is 0 Å². The molecule has 2 aromatic carbocycles. The molecule has 30 heavy (non-hydrogen) atoms. The van der Waals surface area contributed by atoms with E-state index < -0.39 is 11.4 Å². The fourth-order valence-electron chi connectivity index (χ4n) is 4.12. The number of anilines is 1. The molecule has 0 aromatic heterocycles. The molecule has 1 aliphatic rings. The highest BCUT2D eigenvalue weighted by Gasteiger charge is 2.57. The Morgan fingerprint density at radius 2 is 1.63 bits per heavy atom. The maximum absolute atomic E-state index is 13.8. The summed E-state index contributed by atoms with van der Waals surface area (Å²) >= 11 is 0. The van der Waals surface area contributed by atoms with E-state index in [4.69, 9.17) is 4.74 Å². The first-order chi connectivity index (χ1) is 14.1. The van der Waals surface area contributed by atoms with Crippen LogP contribution in [0.5, 0.6) is 0 Å². The SMILES string of the molecule is CCOC(=O)C1(Cc2ccccc2)C(=O)N(CCN(CC)CC)c2ccccc21.Cl. The number of carbonyl (C=O) groups is 2. The summed E-state index contributed by atoms with van der Waals surface area (Å²) in [5.74, 6) is -0.653. The Morgan fingerprint density at radius 3 is 2.27 bits per heavy atom. The van der Waals surface area contributed by atoms with Crippen molar-refractivity contribution in [3.63, 3.8) is 0 Å². The van der Waals surface area contributed by atoms with E-state index in [0.29, 0.717) is 13.0 Å². The molecule has 0 radical (unpaired) electrons. The lowest BCUT2D eigenvalue weighted by molar-refractivity contribution is -0.153. The highest BCUT2D eigenvalue weighted by molar-refractivity contribution is 6.20. The number of likely N-dealkylation sites (N-methyl/N-ethyl adjacent to an activating group) is 1. The van der Waals surface area contributed by atoms with Crippen molar-refractivity contribution < 1.29 is 14.3 Å². The van der Waals surface area contributed by atoms with E-state index in [1.807, 2.05) is 54.6 Å². The van der Waals surface area contributed by atoms with Crippen LogP contribution in [-0.4, -0.2) is 49.6 Å². The lowest BCUT2D eigenvalue weighted by atomic mass is 9.76. The first-order valence-corrected chi connectivity index (χ1v) is 10.4. The van der Waals surface area contributed by atoms with E-state index in [2.05, 4.69) is 18.7 Å². The minimum atomic E-state index is -1.34. The lowest BCUT2D eigenvalue weighted by Gasteiger charge is -2.28. The van der Waals surface area contributed by atoms with Crippen LogP contribution in [0.3, 0.4) is 0 Å². The van der Waals surface area contributed by atoms with E-state index in [1.165, 1.54) is 0 Å². The number of rotatable bonds is 9. The number of halogens is 1. The molecule has 1 aliphatic heterocycles. The minimum Gasteiger partial charge on any atom is -0.465 e. The number of amides is 1. The third-order valence-electron chi connectivity index (χ3n) is 5.74. The van der Waals surface area contributed by atoms with Crippen molar-refractivity contribution in [1.29, 1.82) is 0 Å². The molecular weight excluding hydrogens is 400 g/mol. The molecule has 5 nitrogen and oxygen atoms in total. The molecule has 1 heterocycles. The van der Waals surface area contributed by atoms with Gasteiger partial charge in [-0.15, -0.1) is 12.4 Å². The molecular formula is C24H31ClN2O3. The Bertz CT molecular complexity index is 855. The van der Waals surface area contributed by atoms with Crippen LogP contribution in [0.25, 0.3) is 0 Å². The minimum absolute atomic E-state index is 0. The number of ether oxygens (including phenoxy) is 1. The molecule has 0 saturated carbocycles. The first-order valence-electron chi connectivity index (χ1n) is 10.4. The second kappa shape index (κ2) is 10.6. The van der Waals surface area contributed by atoms with Gasteiger partial charge in [-0.2, -0.15) is 0 Å². The standard InChI is InChI=1S/C24H30N2O3.ClH/c1-4-25(5-2)16-17-26-21-15-11-10-14-20(21)24(22(26)27,23(28)29-6-3)18-19-12-8-7-9-13-19;/h7-15H,4-6,16-18H2,1-3H3;1H. The average molecular weight is 431 g/mol. The third-order valence-corrected chi connectivity index (χ3v) is 5.74. The number of carbonyl (C=O) groups excluding carboxylic acids is 2. The lowest BCUT2D eigenvalue weighted by Crippen LogP contribution is -2.50. The molecule has 1 unspecified atom stereocenters. The highest BCUT2D eigenvalue weighted by Crippen LogP contribution is 2.44. The summed E-state index contributed by atoms with van der Waals surface area (Å²) in [6.07, 6.45) is 0.296. The van der Waals surface area contributed by atoms with Gasteiger partial charge in [-0.3, -0.25) is 9.59 Å². The third kappa shape index (κ3) is 4.37. The van der Waals surface area contributed by atoms with Gasteiger partial charge in [0.2, 0.25) is 5.91 Å². The van der Waals surface area contributed by atoms with Crippen LogP contribution in [-0.2, 0) is 26.2 Å². The van der Waals surface area contributed by atoms with Crippen molar-refractivity contribution in [1.82, 2.24) is 4.90 Å². The Hall–Kier alpha value is -2.37. The first kappa shape index (κ1) is 23.9. The molecule has 3 rings (SSSR count). The van der Waals surface area contributed by atoms with Gasteiger partial charge in [0.15, 0.2) is 5.41 Å². The van der Waals surface area contributed by atoms with E-state index in [-0.39, 0.29) is 24.9 Å². The van der Waals surface area contributed by atoms with Gasteiger partial charge in [-0.25, -0.2) is 0 Å². The summed E-state index contributed by atoms with van der Waals surface area (Å²) in [5.41, 5.74) is 1.16. The van der Waals surface area contributed by atoms with Crippen LogP contribution in [0.1, 0.15) is 31.9 Å². The van der Waals surface area contributed by atoms with Crippen LogP contribution in [0, 0.1) is 0 Å². The van der Waals surface area contributed by atoms with Crippen molar-refractivity contribution in [2.24, 2.45) is 0 Å². The average Bonchev–Trinajstić information content (AvgIpc) is 2.99. The van der Waals surface area contributed by atoms with Gasteiger partial charge in [-0.05, 0) is 31.6 Å². The number of para-hydroxylation sites is 1. The Balaban J connectivity index is 0.00000320. The Morgan fingerprint density at radius 1 is 1.00 bits per heavy atom. The Labute approximate surface area is 185 Å². The van der Waals surface area contributed by atoms with Crippen molar-refractivity contribution in [2.45, 2.75) is 32.6 Å². The molecule has 0 N–H and O–H groups in total. The summed E-state index contributed by atoms with van der Waals surface area (Å²) in [6, 6.07) is 17.3. The topological polar surface area (TPSA) is 49.9 Å². The second-order valence-electron chi connectivity index (χ2n) is 7.29. The highest BCUT2D eigenvalue weighted by atomic mass is 35.5. The number of hydrogen-bond acceptors (Lipinski definition) is 4. The smallest absolute Gasteiger partial charge is 0.326 e. The summed E-state index contributed by atoms with van der Waals surface area (Å²) in [4.78, 5) is 31.1. The molecule has 0 bridgehead atoms. The van der Waals surface area contributed by atoms with Crippen LogP contribution < -0.4 is 4.90 Å². The number of benzene rings is 2. The number of fused-ring (bicyclic) bond motifs is 1. The monoisotopic (exact) mass is 430 g/mol. The van der Waals surface area contributed by atoms with Crippen molar-refractivity contribution >= 4 is 30.0 Å². The molecule has 1 atom stereocenters. The van der Waals surface area contributed by atoms with Crippen molar-refractivity contribution in [3.8, 4) is 0 Å². The summed E-state index contributed by atoms with van der Waals surface area (Å²) < 4.78 is 5.45. The van der Waals surface area contributed by atoms with E-state index >= 15 is 0 Å². The van der Waals surface area contributed by atoms with Crippen LogP contribution in [0.2, 0.25) is 0 Å². The summed E-state index contributed by atoms with van der Waals surface area (Å²) in [6.45, 7) is 9.40. The zero-order valence-corrected chi connectivity index (χ0v) is 18.8. The van der Waals surface area contributed by atoms with Crippen molar-refractivity contribution in [3.05, 3.63) is 65.7 Å².